The first-order chi connectivity index (χ1) is 8.13. The van der Waals surface area contributed by atoms with Gasteiger partial charge < -0.3 is 10.5 Å². The van der Waals surface area contributed by atoms with Gasteiger partial charge in [-0.05, 0) is 36.8 Å². The maximum Gasteiger partial charge on any atom is 0.184 e. The molecule has 1 rings (SSSR count). The summed E-state index contributed by atoms with van der Waals surface area (Å²) in [6, 6.07) is 8.05. The first kappa shape index (κ1) is 14.0. The van der Waals surface area contributed by atoms with Crippen LogP contribution in [-0.4, -0.2) is 23.9 Å². The van der Waals surface area contributed by atoms with Crippen molar-refractivity contribution in [2.75, 3.05) is 13.0 Å². The van der Waals surface area contributed by atoms with Crippen molar-refractivity contribution in [2.24, 2.45) is 10.8 Å². The van der Waals surface area contributed by atoms with Crippen LogP contribution in [0.4, 0.5) is 0 Å². The van der Waals surface area contributed by atoms with Crippen molar-refractivity contribution in [1.29, 1.82) is 0 Å². The molecule has 0 saturated heterocycles. The van der Waals surface area contributed by atoms with Crippen LogP contribution in [0.15, 0.2) is 34.3 Å². The van der Waals surface area contributed by atoms with Gasteiger partial charge in [0.15, 0.2) is 5.11 Å². The van der Waals surface area contributed by atoms with Gasteiger partial charge in [0.2, 0.25) is 0 Å². The number of hydrogen-bond donors (Lipinski definition) is 2. The zero-order chi connectivity index (χ0) is 12.7. The van der Waals surface area contributed by atoms with Gasteiger partial charge in [0.25, 0.3) is 0 Å². The Balaban J connectivity index is 2.66. The maximum absolute atomic E-state index is 5.29. The number of hydrogen-bond acceptors (Lipinski definition) is 4. The van der Waals surface area contributed by atoms with E-state index in [4.69, 9.17) is 10.5 Å². The fraction of sp³-hybridized carbons (Fsp3) is 0.273. The number of ether oxygens (including phenoxy) is 1. The van der Waals surface area contributed by atoms with Crippen molar-refractivity contribution in [1.82, 2.24) is 5.43 Å². The Kier molecular flexibility index (Phi) is 5.96. The molecular weight excluding hydrogens is 254 g/mol. The highest BCUT2D eigenvalue weighted by Gasteiger charge is 1.98. The zero-order valence-electron chi connectivity index (χ0n) is 9.77. The standard InChI is InChI=1S/C11H15N3OS2/c1-8(13-14-11(12)16)9-3-5-10(6-4-9)17-7-15-2/h3-6H,7H2,1-2H3,(H3,12,14,16). The van der Waals surface area contributed by atoms with E-state index >= 15 is 0 Å². The highest BCUT2D eigenvalue weighted by molar-refractivity contribution is 7.99. The van der Waals surface area contributed by atoms with Gasteiger partial charge >= 0.3 is 0 Å². The van der Waals surface area contributed by atoms with Gasteiger partial charge in [-0.1, -0.05) is 23.9 Å². The molecule has 0 aromatic heterocycles. The van der Waals surface area contributed by atoms with E-state index in [0.717, 1.165) is 16.2 Å². The third-order valence-electron chi connectivity index (χ3n) is 1.95. The number of hydrazone groups is 1. The molecule has 0 saturated carbocycles. The lowest BCUT2D eigenvalue weighted by atomic mass is 10.1. The summed E-state index contributed by atoms with van der Waals surface area (Å²) >= 11 is 6.32. The van der Waals surface area contributed by atoms with E-state index in [9.17, 15) is 0 Å². The van der Waals surface area contributed by atoms with Crippen molar-refractivity contribution >= 4 is 34.8 Å². The monoisotopic (exact) mass is 269 g/mol. The van der Waals surface area contributed by atoms with Gasteiger partial charge in [-0.15, -0.1) is 0 Å². The minimum atomic E-state index is 0.164. The van der Waals surface area contributed by atoms with Crippen molar-refractivity contribution in [3.8, 4) is 0 Å². The average Bonchev–Trinajstić information content (AvgIpc) is 2.34. The van der Waals surface area contributed by atoms with Gasteiger partial charge in [0.1, 0.15) is 0 Å². The predicted molar refractivity (Wildman–Crippen MR) is 76.3 cm³/mol. The molecular formula is C11H15N3OS2. The molecule has 4 nitrogen and oxygen atoms in total. The molecule has 6 heteroatoms. The van der Waals surface area contributed by atoms with Crippen LogP contribution < -0.4 is 11.2 Å². The first-order valence-electron chi connectivity index (χ1n) is 4.95. The molecule has 0 radical (unpaired) electrons. The Morgan fingerprint density at radius 2 is 2.12 bits per heavy atom. The second-order valence-electron chi connectivity index (χ2n) is 3.25. The summed E-state index contributed by atoms with van der Waals surface area (Å²) in [5.41, 5.74) is 9.72. The van der Waals surface area contributed by atoms with Crippen molar-refractivity contribution < 1.29 is 4.74 Å². The van der Waals surface area contributed by atoms with Crippen LogP contribution in [0.2, 0.25) is 0 Å². The molecule has 0 aliphatic rings. The summed E-state index contributed by atoms with van der Waals surface area (Å²) in [6.45, 7) is 1.89. The lowest BCUT2D eigenvalue weighted by Gasteiger charge is -2.04. The Hall–Kier alpha value is -1.11. The lowest BCUT2D eigenvalue weighted by Crippen LogP contribution is -2.25. The summed E-state index contributed by atoms with van der Waals surface area (Å²) in [7, 11) is 1.68. The smallest absolute Gasteiger partial charge is 0.184 e. The average molecular weight is 269 g/mol. The molecule has 1 aromatic carbocycles. The van der Waals surface area contributed by atoms with Crippen LogP contribution in [0.5, 0.6) is 0 Å². The highest BCUT2D eigenvalue weighted by atomic mass is 32.2. The predicted octanol–water partition coefficient (Wildman–Crippen LogP) is 1.94. The summed E-state index contributed by atoms with van der Waals surface area (Å²) in [5.74, 6) is 0.648. The Bertz CT molecular complexity index is 404. The van der Waals surface area contributed by atoms with Crippen LogP contribution in [0.1, 0.15) is 12.5 Å². The molecule has 0 unspecified atom stereocenters. The van der Waals surface area contributed by atoms with Crippen molar-refractivity contribution in [3.63, 3.8) is 0 Å². The highest BCUT2D eigenvalue weighted by Crippen LogP contribution is 2.18. The second kappa shape index (κ2) is 7.26. The molecule has 3 N–H and O–H groups in total. The number of thiocarbonyl (C=S) groups is 1. The van der Waals surface area contributed by atoms with Crippen molar-refractivity contribution in [3.05, 3.63) is 29.8 Å². The fourth-order valence-electron chi connectivity index (χ4n) is 1.12. The Labute approximate surface area is 111 Å². The molecule has 0 spiro atoms. The molecule has 0 aliphatic carbocycles. The molecule has 1 aromatic rings. The first-order valence-corrected chi connectivity index (χ1v) is 6.34. The van der Waals surface area contributed by atoms with Crippen LogP contribution in [-0.2, 0) is 4.74 Å². The molecule has 0 fully saturated rings. The van der Waals surface area contributed by atoms with E-state index in [-0.39, 0.29) is 5.11 Å². The molecule has 0 bridgehead atoms. The van der Waals surface area contributed by atoms with Crippen LogP contribution in [0, 0.1) is 0 Å². The van der Waals surface area contributed by atoms with Gasteiger partial charge in [0.05, 0.1) is 11.7 Å². The number of rotatable bonds is 5. The fourth-order valence-corrected chi connectivity index (χ4v) is 1.75. The molecule has 0 atom stereocenters. The quantitative estimate of drug-likeness (QED) is 0.281. The van der Waals surface area contributed by atoms with Crippen LogP contribution in [0.25, 0.3) is 0 Å². The Morgan fingerprint density at radius 3 is 2.65 bits per heavy atom. The van der Waals surface area contributed by atoms with E-state index in [2.05, 4.69) is 22.7 Å². The number of nitrogens with one attached hydrogen (secondary N) is 1. The van der Waals surface area contributed by atoms with E-state index in [1.165, 1.54) is 0 Å². The van der Waals surface area contributed by atoms with Crippen molar-refractivity contribution in [2.45, 2.75) is 11.8 Å². The van der Waals surface area contributed by atoms with Crippen LogP contribution >= 0.6 is 24.0 Å². The largest absolute Gasteiger partial charge is 0.375 e. The van der Waals surface area contributed by atoms with E-state index in [0.29, 0.717) is 5.94 Å². The van der Waals surface area contributed by atoms with E-state index < -0.39 is 0 Å². The van der Waals surface area contributed by atoms with E-state index in [1.807, 2.05) is 31.2 Å². The van der Waals surface area contributed by atoms with Gasteiger partial charge in [-0.25, -0.2) is 0 Å². The second-order valence-corrected chi connectivity index (χ2v) is 4.68. The summed E-state index contributed by atoms with van der Waals surface area (Å²) < 4.78 is 4.99. The minimum absolute atomic E-state index is 0.164. The number of nitrogens with zero attached hydrogens (tertiary/aromatic N) is 1. The van der Waals surface area contributed by atoms with Gasteiger partial charge in [0, 0.05) is 12.0 Å². The topological polar surface area (TPSA) is 59.6 Å². The Morgan fingerprint density at radius 1 is 1.47 bits per heavy atom. The minimum Gasteiger partial charge on any atom is -0.375 e. The number of nitrogens with two attached hydrogens (primary N) is 1. The molecule has 0 aliphatic heterocycles. The maximum atomic E-state index is 5.29. The lowest BCUT2D eigenvalue weighted by molar-refractivity contribution is 0.259. The zero-order valence-corrected chi connectivity index (χ0v) is 11.4. The molecule has 17 heavy (non-hydrogen) atoms. The van der Waals surface area contributed by atoms with Crippen LogP contribution in [0.3, 0.4) is 0 Å². The normalized spacial score (nSPS) is 11.3. The number of benzene rings is 1. The van der Waals surface area contributed by atoms with Gasteiger partial charge in [-0.3, -0.25) is 5.43 Å². The summed E-state index contributed by atoms with van der Waals surface area (Å²) in [5, 5.41) is 4.22. The summed E-state index contributed by atoms with van der Waals surface area (Å²) in [6.07, 6.45) is 0. The molecule has 92 valence electrons. The SMILES string of the molecule is COCSc1ccc(C(C)=NNC(N)=S)cc1. The van der Waals surface area contributed by atoms with Gasteiger partial charge in [-0.2, -0.15) is 5.10 Å². The number of methoxy groups -OCH3 is 1. The summed E-state index contributed by atoms with van der Waals surface area (Å²) in [4.78, 5) is 1.16. The molecule has 0 amide bonds. The third kappa shape index (κ3) is 5.16. The third-order valence-corrected chi connectivity index (χ3v) is 3.00. The van der Waals surface area contributed by atoms with E-state index in [1.54, 1.807) is 18.9 Å². The number of thioether (sulfide) groups is 1. The molecule has 0 heterocycles.